The van der Waals surface area contributed by atoms with Crippen LogP contribution in [0.4, 0.5) is 0 Å². The highest BCUT2D eigenvalue weighted by molar-refractivity contribution is 5.79. The van der Waals surface area contributed by atoms with Crippen molar-refractivity contribution in [2.45, 2.75) is 72.0 Å². The number of rotatable bonds is 4. The topological polar surface area (TPSA) is 26.3 Å². The predicted molar refractivity (Wildman–Crippen MR) is 66.4 cm³/mol. The van der Waals surface area contributed by atoms with Crippen LogP contribution < -0.4 is 0 Å². The lowest BCUT2D eigenvalue weighted by Crippen LogP contribution is -2.30. The zero-order chi connectivity index (χ0) is 12.6. The first kappa shape index (κ1) is 13.7. The van der Waals surface area contributed by atoms with E-state index < -0.39 is 0 Å². The molecule has 94 valence electrons. The quantitative estimate of drug-likeness (QED) is 0.732. The third-order valence-electron chi connectivity index (χ3n) is 3.37. The highest BCUT2D eigenvalue weighted by atomic mass is 16.5. The van der Waals surface area contributed by atoms with Crippen LogP contribution in [0, 0.1) is 11.8 Å². The van der Waals surface area contributed by atoms with Crippen LogP contribution in [0.5, 0.6) is 0 Å². The van der Waals surface area contributed by atoms with Crippen molar-refractivity contribution in [3.05, 3.63) is 0 Å². The average molecular weight is 226 g/mol. The Hall–Kier alpha value is -0.370. The van der Waals surface area contributed by atoms with E-state index in [9.17, 15) is 4.79 Å². The van der Waals surface area contributed by atoms with Crippen molar-refractivity contribution in [1.29, 1.82) is 0 Å². The highest BCUT2D eigenvalue weighted by Crippen LogP contribution is 2.43. The Bertz CT molecular complexity index is 264. The van der Waals surface area contributed by atoms with E-state index in [2.05, 4.69) is 41.5 Å². The van der Waals surface area contributed by atoms with E-state index >= 15 is 0 Å². The van der Waals surface area contributed by atoms with E-state index in [1.54, 1.807) is 0 Å². The molecular formula is C14H26O2. The van der Waals surface area contributed by atoms with E-state index in [0.717, 1.165) is 6.42 Å². The zero-order valence-electron chi connectivity index (χ0n) is 11.6. The van der Waals surface area contributed by atoms with Gasteiger partial charge in [0, 0.05) is 12.8 Å². The normalized spacial score (nSPS) is 27.3. The van der Waals surface area contributed by atoms with Crippen LogP contribution in [0.15, 0.2) is 0 Å². The van der Waals surface area contributed by atoms with Crippen molar-refractivity contribution in [3.8, 4) is 0 Å². The molecule has 16 heavy (non-hydrogen) atoms. The molecule has 1 saturated heterocycles. The first-order chi connectivity index (χ1) is 7.12. The standard InChI is InChI=1S/C14H26O2/c1-10(2)7-12(15)8-11-9-13(3,4)16-14(11,5)6/h10-11H,7-9H2,1-6H3. The van der Waals surface area contributed by atoms with E-state index in [1.807, 2.05) is 0 Å². The van der Waals surface area contributed by atoms with Crippen LogP contribution in [-0.2, 0) is 9.53 Å². The van der Waals surface area contributed by atoms with Crippen molar-refractivity contribution in [2.75, 3.05) is 0 Å². The summed E-state index contributed by atoms with van der Waals surface area (Å²) >= 11 is 0. The minimum Gasteiger partial charge on any atom is -0.369 e. The van der Waals surface area contributed by atoms with Crippen molar-refractivity contribution >= 4 is 5.78 Å². The SMILES string of the molecule is CC(C)CC(=O)CC1CC(C)(C)OC1(C)C. The zero-order valence-corrected chi connectivity index (χ0v) is 11.6. The molecule has 0 aromatic carbocycles. The Labute approximate surface area is 99.8 Å². The van der Waals surface area contributed by atoms with Crippen LogP contribution in [0.3, 0.4) is 0 Å². The molecule has 1 heterocycles. The molecule has 2 nitrogen and oxygen atoms in total. The van der Waals surface area contributed by atoms with Gasteiger partial charge < -0.3 is 4.74 Å². The van der Waals surface area contributed by atoms with Gasteiger partial charge in [-0.1, -0.05) is 13.8 Å². The van der Waals surface area contributed by atoms with E-state index in [4.69, 9.17) is 4.74 Å². The summed E-state index contributed by atoms with van der Waals surface area (Å²) in [6, 6.07) is 0. The summed E-state index contributed by atoms with van der Waals surface area (Å²) in [4.78, 5) is 11.9. The second kappa shape index (κ2) is 4.48. The molecule has 0 aliphatic carbocycles. The second-order valence-electron chi connectivity index (χ2n) is 6.71. The van der Waals surface area contributed by atoms with Crippen LogP contribution in [0.2, 0.25) is 0 Å². The summed E-state index contributed by atoms with van der Waals surface area (Å²) < 4.78 is 6.00. The molecular weight excluding hydrogens is 200 g/mol. The molecule has 1 atom stereocenters. The number of ether oxygens (including phenoxy) is 1. The lowest BCUT2D eigenvalue weighted by atomic mass is 9.82. The van der Waals surface area contributed by atoms with E-state index in [0.29, 0.717) is 30.5 Å². The molecule has 0 bridgehead atoms. The Balaban J connectivity index is 2.58. The van der Waals surface area contributed by atoms with Gasteiger partial charge in [-0.05, 0) is 46.0 Å². The predicted octanol–water partition coefficient (Wildman–Crippen LogP) is 3.59. The van der Waals surface area contributed by atoms with Gasteiger partial charge in [-0.3, -0.25) is 4.79 Å². The van der Waals surface area contributed by atoms with Crippen LogP contribution in [0.1, 0.15) is 60.8 Å². The minimum atomic E-state index is -0.157. The fourth-order valence-electron chi connectivity index (χ4n) is 2.81. The van der Waals surface area contributed by atoms with Gasteiger partial charge in [-0.25, -0.2) is 0 Å². The smallest absolute Gasteiger partial charge is 0.133 e. The molecule has 0 aromatic heterocycles. The molecule has 1 fully saturated rings. The van der Waals surface area contributed by atoms with Gasteiger partial charge >= 0.3 is 0 Å². The summed E-state index contributed by atoms with van der Waals surface area (Å²) in [7, 11) is 0. The Kier molecular flexibility index (Phi) is 3.83. The molecule has 0 N–H and O–H groups in total. The fraction of sp³-hybridized carbons (Fsp3) is 0.929. The molecule has 0 radical (unpaired) electrons. The molecule has 0 saturated carbocycles. The lowest BCUT2D eigenvalue weighted by Gasteiger charge is -2.27. The van der Waals surface area contributed by atoms with Gasteiger partial charge in [-0.2, -0.15) is 0 Å². The first-order valence-corrected chi connectivity index (χ1v) is 6.34. The van der Waals surface area contributed by atoms with Crippen LogP contribution >= 0.6 is 0 Å². The van der Waals surface area contributed by atoms with Crippen molar-refractivity contribution < 1.29 is 9.53 Å². The van der Waals surface area contributed by atoms with Gasteiger partial charge in [0.1, 0.15) is 5.78 Å². The van der Waals surface area contributed by atoms with E-state index in [-0.39, 0.29) is 11.2 Å². The summed E-state index contributed by atoms with van der Waals surface area (Å²) in [5.41, 5.74) is -0.234. The number of carbonyl (C=O) groups excluding carboxylic acids is 1. The largest absolute Gasteiger partial charge is 0.369 e. The second-order valence-corrected chi connectivity index (χ2v) is 6.71. The third kappa shape index (κ3) is 3.58. The average Bonchev–Trinajstić information content (AvgIpc) is 2.16. The molecule has 1 rings (SSSR count). The third-order valence-corrected chi connectivity index (χ3v) is 3.37. The molecule has 0 amide bonds. The van der Waals surface area contributed by atoms with Crippen molar-refractivity contribution in [3.63, 3.8) is 0 Å². The number of Topliss-reactive ketones (excluding diaryl/α,β-unsaturated/α-hetero) is 1. The minimum absolute atomic E-state index is 0.0771. The van der Waals surface area contributed by atoms with Gasteiger partial charge in [0.15, 0.2) is 0 Å². The molecule has 1 unspecified atom stereocenters. The highest BCUT2D eigenvalue weighted by Gasteiger charge is 2.46. The summed E-state index contributed by atoms with van der Waals surface area (Å²) in [5.74, 6) is 1.22. The van der Waals surface area contributed by atoms with Crippen molar-refractivity contribution in [2.24, 2.45) is 11.8 Å². The van der Waals surface area contributed by atoms with Gasteiger partial charge in [0.25, 0.3) is 0 Å². The Morgan fingerprint density at radius 1 is 1.31 bits per heavy atom. The monoisotopic (exact) mass is 226 g/mol. The molecule has 0 spiro atoms. The lowest BCUT2D eigenvalue weighted by molar-refractivity contribution is -0.122. The molecule has 0 aromatic rings. The van der Waals surface area contributed by atoms with E-state index in [1.165, 1.54) is 0 Å². The Morgan fingerprint density at radius 2 is 1.88 bits per heavy atom. The van der Waals surface area contributed by atoms with Crippen LogP contribution in [-0.4, -0.2) is 17.0 Å². The maximum absolute atomic E-state index is 11.9. The maximum atomic E-state index is 11.9. The van der Waals surface area contributed by atoms with Crippen molar-refractivity contribution in [1.82, 2.24) is 0 Å². The number of ketones is 1. The molecule has 2 heteroatoms. The number of hydrogen-bond acceptors (Lipinski definition) is 2. The number of carbonyl (C=O) groups is 1. The summed E-state index contributed by atoms with van der Waals surface area (Å²) in [5, 5.41) is 0. The fourth-order valence-corrected chi connectivity index (χ4v) is 2.81. The van der Waals surface area contributed by atoms with Gasteiger partial charge in [-0.15, -0.1) is 0 Å². The number of hydrogen-bond donors (Lipinski definition) is 0. The molecule has 1 aliphatic rings. The molecule has 1 aliphatic heterocycles. The van der Waals surface area contributed by atoms with Gasteiger partial charge in [0.2, 0.25) is 0 Å². The van der Waals surface area contributed by atoms with Gasteiger partial charge in [0.05, 0.1) is 11.2 Å². The summed E-state index contributed by atoms with van der Waals surface area (Å²) in [6.07, 6.45) is 2.37. The van der Waals surface area contributed by atoms with Crippen LogP contribution in [0.25, 0.3) is 0 Å². The maximum Gasteiger partial charge on any atom is 0.133 e. The summed E-state index contributed by atoms with van der Waals surface area (Å²) in [6.45, 7) is 12.6. The Morgan fingerprint density at radius 3 is 2.25 bits per heavy atom. The first-order valence-electron chi connectivity index (χ1n) is 6.34.